The first-order valence-corrected chi connectivity index (χ1v) is 25.5. The van der Waals surface area contributed by atoms with Crippen molar-refractivity contribution in [2.75, 3.05) is 47.5 Å². The fourth-order valence-electron chi connectivity index (χ4n) is 6.29. The van der Waals surface area contributed by atoms with Gasteiger partial charge in [0.1, 0.15) is 19.8 Å². The van der Waals surface area contributed by atoms with Crippen molar-refractivity contribution in [2.24, 2.45) is 0 Å². The molecule has 0 heterocycles. The highest BCUT2D eigenvalue weighted by Gasteiger charge is 2.21. The molecule has 2 unspecified atom stereocenters. The van der Waals surface area contributed by atoms with Crippen molar-refractivity contribution in [3.63, 3.8) is 0 Å². The third-order valence-corrected chi connectivity index (χ3v) is 11.0. The molecule has 0 aliphatic rings. The second-order valence-electron chi connectivity index (χ2n) is 17.1. The first-order chi connectivity index (χ1) is 29.0. The van der Waals surface area contributed by atoms with Crippen LogP contribution in [0.1, 0.15) is 194 Å². The molecule has 0 aliphatic carbocycles. The zero-order valence-corrected chi connectivity index (χ0v) is 40.0. The number of esters is 2. The number of quaternary nitrogens is 1. The van der Waals surface area contributed by atoms with Gasteiger partial charge in [-0.2, -0.15) is 0 Å². The molecule has 0 radical (unpaired) electrons. The molecule has 0 amide bonds. The van der Waals surface area contributed by atoms with Gasteiger partial charge in [-0.15, -0.1) is 0 Å². The molecule has 9 nitrogen and oxygen atoms in total. The topological polar surface area (TPSA) is 111 Å². The fourth-order valence-corrected chi connectivity index (χ4v) is 7.02. The molecule has 0 N–H and O–H groups in total. The van der Waals surface area contributed by atoms with E-state index >= 15 is 0 Å². The van der Waals surface area contributed by atoms with E-state index in [1.165, 1.54) is 64.2 Å². The number of hydrogen-bond acceptors (Lipinski definition) is 8. The van der Waals surface area contributed by atoms with Crippen LogP contribution in [0.25, 0.3) is 0 Å². The molecule has 0 aromatic rings. The summed E-state index contributed by atoms with van der Waals surface area (Å²) in [5.41, 5.74) is 0. The number of carbonyl (C=O) groups is 2. The summed E-state index contributed by atoms with van der Waals surface area (Å²) in [6.07, 6.45) is 51.0. The van der Waals surface area contributed by atoms with Gasteiger partial charge in [-0.3, -0.25) is 14.2 Å². The zero-order chi connectivity index (χ0) is 44.3. The number of phosphoric acid groups is 1. The summed E-state index contributed by atoms with van der Waals surface area (Å²) in [6.45, 7) is 4.09. The second-order valence-corrected chi connectivity index (χ2v) is 18.5. The number of phosphoric ester groups is 1. The predicted molar refractivity (Wildman–Crippen MR) is 250 cm³/mol. The van der Waals surface area contributed by atoms with E-state index < -0.39 is 32.5 Å². The van der Waals surface area contributed by atoms with E-state index in [-0.39, 0.29) is 26.1 Å². The lowest BCUT2D eigenvalue weighted by Crippen LogP contribution is -2.37. The minimum atomic E-state index is -4.64. The molecule has 2 atom stereocenters. The third-order valence-electron chi connectivity index (χ3n) is 10.0. The zero-order valence-electron chi connectivity index (χ0n) is 39.1. The smallest absolute Gasteiger partial charge is 0.306 e. The van der Waals surface area contributed by atoms with Crippen molar-refractivity contribution >= 4 is 19.8 Å². The summed E-state index contributed by atoms with van der Waals surface area (Å²) in [7, 11) is 1.15. The van der Waals surface area contributed by atoms with E-state index in [0.29, 0.717) is 17.4 Å². The van der Waals surface area contributed by atoms with Crippen LogP contribution in [0.3, 0.4) is 0 Å². The number of rotatable bonds is 43. The molecule has 0 spiro atoms. The van der Waals surface area contributed by atoms with Crippen LogP contribution in [0, 0.1) is 0 Å². The van der Waals surface area contributed by atoms with Gasteiger partial charge < -0.3 is 27.9 Å². The van der Waals surface area contributed by atoms with Crippen LogP contribution in [0.2, 0.25) is 0 Å². The van der Waals surface area contributed by atoms with Crippen molar-refractivity contribution in [3.8, 4) is 0 Å². The second kappa shape index (κ2) is 42.0. The number of allylic oxidation sites excluding steroid dienone is 10. The summed E-state index contributed by atoms with van der Waals surface area (Å²) in [5, 5.41) is 0. The molecule has 0 aromatic heterocycles. The number of nitrogens with zero attached hydrogens (tertiary/aromatic N) is 1. The van der Waals surface area contributed by atoms with Gasteiger partial charge >= 0.3 is 11.9 Å². The van der Waals surface area contributed by atoms with Crippen LogP contribution < -0.4 is 4.89 Å². The van der Waals surface area contributed by atoms with Crippen LogP contribution in [0.5, 0.6) is 0 Å². The van der Waals surface area contributed by atoms with Crippen LogP contribution >= 0.6 is 7.82 Å². The Morgan fingerprint density at radius 2 is 0.950 bits per heavy atom. The Kier molecular flexibility index (Phi) is 40.4. The van der Waals surface area contributed by atoms with Crippen LogP contribution in [0.4, 0.5) is 0 Å². The van der Waals surface area contributed by atoms with Crippen LogP contribution in [-0.4, -0.2) is 70.0 Å². The van der Waals surface area contributed by atoms with E-state index in [4.69, 9.17) is 18.5 Å². The molecule has 60 heavy (non-hydrogen) atoms. The van der Waals surface area contributed by atoms with E-state index in [1.807, 2.05) is 21.1 Å². The number of unbranched alkanes of at least 4 members (excludes halogenated alkanes) is 19. The largest absolute Gasteiger partial charge is 0.756 e. The molecule has 348 valence electrons. The molecule has 10 heteroatoms. The van der Waals surface area contributed by atoms with Gasteiger partial charge in [0.15, 0.2) is 6.10 Å². The Balaban J connectivity index is 4.34. The molecule has 0 fully saturated rings. The summed E-state index contributed by atoms with van der Waals surface area (Å²) >= 11 is 0. The van der Waals surface area contributed by atoms with Crippen molar-refractivity contribution in [1.29, 1.82) is 0 Å². The highest BCUT2D eigenvalue weighted by molar-refractivity contribution is 7.45. The Morgan fingerprint density at radius 3 is 1.43 bits per heavy atom. The average molecular weight is 864 g/mol. The first kappa shape index (κ1) is 57.7. The minimum absolute atomic E-state index is 0.0369. The normalized spacial score (nSPS) is 14.0. The van der Waals surface area contributed by atoms with Gasteiger partial charge in [0.2, 0.25) is 0 Å². The summed E-state index contributed by atoms with van der Waals surface area (Å²) in [4.78, 5) is 37.6. The third kappa shape index (κ3) is 45.2. The van der Waals surface area contributed by atoms with Gasteiger partial charge in [0, 0.05) is 12.8 Å². The number of ether oxygens (including phenoxy) is 2. The van der Waals surface area contributed by atoms with Crippen molar-refractivity contribution in [3.05, 3.63) is 60.8 Å². The number of carbonyl (C=O) groups excluding carboxylic acids is 2. The van der Waals surface area contributed by atoms with Gasteiger partial charge in [0.25, 0.3) is 7.82 Å². The molecule has 0 bridgehead atoms. The summed E-state index contributed by atoms with van der Waals surface area (Å²) < 4.78 is 34.0. The van der Waals surface area contributed by atoms with Crippen LogP contribution in [0.15, 0.2) is 60.8 Å². The van der Waals surface area contributed by atoms with Crippen LogP contribution in [-0.2, 0) is 32.7 Å². The number of likely N-dealkylation sites (N-methyl/N-ethyl adjacent to an activating group) is 1. The first-order valence-electron chi connectivity index (χ1n) is 24.0. The lowest BCUT2D eigenvalue weighted by molar-refractivity contribution is -0.870. The van der Waals surface area contributed by atoms with Gasteiger partial charge in [-0.25, -0.2) is 0 Å². The van der Waals surface area contributed by atoms with Crippen molar-refractivity contribution in [2.45, 2.75) is 200 Å². The summed E-state index contributed by atoms with van der Waals surface area (Å²) in [6, 6.07) is 0. The molecule has 0 saturated heterocycles. The highest BCUT2D eigenvalue weighted by Crippen LogP contribution is 2.38. The highest BCUT2D eigenvalue weighted by atomic mass is 31.2. The maximum Gasteiger partial charge on any atom is 0.306 e. The average Bonchev–Trinajstić information content (AvgIpc) is 3.20. The Labute approximate surface area is 368 Å². The van der Waals surface area contributed by atoms with Gasteiger partial charge in [-0.05, 0) is 77.0 Å². The molecule has 0 saturated carbocycles. The predicted octanol–water partition coefficient (Wildman–Crippen LogP) is 13.4. The molecule has 0 rings (SSSR count). The Hall–Kier alpha value is -2.29. The van der Waals surface area contributed by atoms with Crippen molar-refractivity contribution < 1.29 is 42.1 Å². The Morgan fingerprint density at radius 1 is 0.533 bits per heavy atom. The number of hydrogen-bond donors (Lipinski definition) is 0. The lowest BCUT2D eigenvalue weighted by atomic mass is 10.1. The maximum atomic E-state index is 12.7. The van der Waals surface area contributed by atoms with E-state index in [2.05, 4.69) is 74.6 Å². The monoisotopic (exact) mass is 864 g/mol. The van der Waals surface area contributed by atoms with Gasteiger partial charge in [-0.1, -0.05) is 164 Å². The molecule has 0 aromatic carbocycles. The molecular weight excluding hydrogens is 774 g/mol. The Bertz CT molecular complexity index is 1210. The van der Waals surface area contributed by atoms with Crippen molar-refractivity contribution in [1.82, 2.24) is 0 Å². The fraction of sp³-hybridized carbons (Fsp3) is 0.760. The minimum Gasteiger partial charge on any atom is -0.756 e. The standard InChI is InChI=1S/C50H90NO8P/c1-6-8-10-12-14-16-18-20-22-24-25-27-29-31-33-35-37-39-41-43-50(53)59-48(47-58-60(54,55)57-45-44-51(3,4)5)46-56-49(52)42-40-38-36-34-32-30-28-26-23-21-19-17-15-13-11-9-7-2/h8,10,14,16,20-23,25,27,48H,6-7,9,11-13,15,17-19,24,26,28-47H2,1-5H3/b10-8-,16-14-,22-20-,23-21-,27-25-. The molecule has 0 aliphatic heterocycles. The quantitative estimate of drug-likeness (QED) is 0.0196. The lowest BCUT2D eigenvalue weighted by Gasteiger charge is -2.28. The van der Waals surface area contributed by atoms with E-state index in [1.54, 1.807) is 0 Å². The van der Waals surface area contributed by atoms with E-state index in [9.17, 15) is 19.0 Å². The van der Waals surface area contributed by atoms with Gasteiger partial charge in [0.05, 0.1) is 27.7 Å². The summed E-state index contributed by atoms with van der Waals surface area (Å²) in [5.74, 6) is -0.856. The molecular formula is C50H90NO8P. The SMILES string of the molecule is CC/C=C\C/C=C\C/C=C\C/C=C\CCCCCCCCC(=O)OC(COC(=O)CCCCCCCCC/C=C\CCCCCCCC)COP(=O)([O-])OCC[N+](C)(C)C. The maximum absolute atomic E-state index is 12.7. The van der Waals surface area contributed by atoms with E-state index in [0.717, 1.165) is 96.3 Å².